The predicted molar refractivity (Wildman–Crippen MR) is 102 cm³/mol. The van der Waals surface area contributed by atoms with Crippen LogP contribution in [-0.4, -0.2) is 46.8 Å². The predicted octanol–water partition coefficient (Wildman–Crippen LogP) is 2.20. The lowest BCUT2D eigenvalue weighted by Crippen LogP contribution is -2.43. The van der Waals surface area contributed by atoms with E-state index in [1.165, 1.54) is 11.1 Å². The molecule has 3 heterocycles. The van der Waals surface area contributed by atoms with Gasteiger partial charge in [0, 0.05) is 45.3 Å². The number of benzene rings is 1. The monoisotopic (exact) mass is 352 g/mol. The van der Waals surface area contributed by atoms with Gasteiger partial charge in [0.1, 0.15) is 0 Å². The van der Waals surface area contributed by atoms with E-state index in [2.05, 4.69) is 45.6 Å². The van der Waals surface area contributed by atoms with Gasteiger partial charge in [-0.2, -0.15) is 5.10 Å². The maximum atomic E-state index is 13.1. The summed E-state index contributed by atoms with van der Waals surface area (Å²) < 4.78 is 1.82. The highest BCUT2D eigenvalue weighted by atomic mass is 16.2. The van der Waals surface area contributed by atoms with Crippen LogP contribution in [0.2, 0.25) is 0 Å². The zero-order valence-electron chi connectivity index (χ0n) is 15.5. The molecule has 2 aromatic rings. The molecule has 2 aliphatic heterocycles. The van der Waals surface area contributed by atoms with Crippen molar-refractivity contribution in [3.8, 4) is 0 Å². The lowest BCUT2D eigenvalue weighted by Gasteiger charge is -2.34. The molecule has 1 aromatic carbocycles. The molecule has 0 aliphatic carbocycles. The lowest BCUT2D eigenvalue weighted by molar-refractivity contribution is -0.136. The Morgan fingerprint density at radius 3 is 2.65 bits per heavy atom. The molecule has 0 unspecified atom stereocenters. The van der Waals surface area contributed by atoms with E-state index in [4.69, 9.17) is 0 Å². The maximum Gasteiger partial charge on any atom is 0.227 e. The lowest BCUT2D eigenvalue weighted by atomic mass is 9.87. The molecule has 2 aliphatic rings. The third-order valence-electron chi connectivity index (χ3n) is 5.98. The summed E-state index contributed by atoms with van der Waals surface area (Å²) in [5.74, 6) is 1.31. The Hall–Kier alpha value is -2.14. The van der Waals surface area contributed by atoms with Crippen LogP contribution < -0.4 is 5.32 Å². The number of likely N-dealkylation sites (tertiary alicyclic amines) is 1. The quantitative estimate of drug-likeness (QED) is 0.918. The highest BCUT2D eigenvalue weighted by Crippen LogP contribution is 2.31. The summed E-state index contributed by atoms with van der Waals surface area (Å²) in [5.41, 5.74) is 2.59. The molecule has 2 saturated heterocycles. The molecular weight excluding hydrogens is 324 g/mol. The topological polar surface area (TPSA) is 50.2 Å². The fourth-order valence-electron chi connectivity index (χ4n) is 4.46. The number of carbonyl (C=O) groups is 1. The first-order chi connectivity index (χ1) is 12.7. The van der Waals surface area contributed by atoms with Gasteiger partial charge >= 0.3 is 0 Å². The number of nitrogens with one attached hydrogen (secondary N) is 1. The van der Waals surface area contributed by atoms with E-state index in [-0.39, 0.29) is 11.8 Å². The van der Waals surface area contributed by atoms with Crippen molar-refractivity contribution in [2.75, 3.05) is 26.2 Å². The third-order valence-corrected chi connectivity index (χ3v) is 5.98. The molecule has 1 aromatic heterocycles. The Kier molecular flexibility index (Phi) is 5.07. The van der Waals surface area contributed by atoms with Gasteiger partial charge in [0.2, 0.25) is 5.91 Å². The third kappa shape index (κ3) is 3.68. The average molecular weight is 352 g/mol. The Morgan fingerprint density at radius 1 is 1.19 bits per heavy atom. The number of amides is 1. The molecule has 138 valence electrons. The van der Waals surface area contributed by atoms with Crippen molar-refractivity contribution in [2.45, 2.75) is 25.2 Å². The zero-order valence-corrected chi connectivity index (χ0v) is 15.5. The van der Waals surface area contributed by atoms with Gasteiger partial charge in [-0.05, 0) is 36.3 Å². The van der Waals surface area contributed by atoms with Crippen LogP contribution in [0.15, 0.2) is 42.7 Å². The van der Waals surface area contributed by atoms with Gasteiger partial charge in [0.25, 0.3) is 0 Å². The minimum atomic E-state index is 0.0462. The van der Waals surface area contributed by atoms with Gasteiger partial charge in [0.05, 0.1) is 12.1 Å². The fraction of sp³-hybridized carbons (Fsp3) is 0.524. The van der Waals surface area contributed by atoms with E-state index in [9.17, 15) is 4.79 Å². The second-order valence-corrected chi connectivity index (χ2v) is 7.78. The summed E-state index contributed by atoms with van der Waals surface area (Å²) in [5, 5.41) is 7.69. The van der Waals surface area contributed by atoms with E-state index < -0.39 is 0 Å². The van der Waals surface area contributed by atoms with Gasteiger partial charge in [-0.15, -0.1) is 0 Å². The molecular formula is C21H28N4O. The highest BCUT2D eigenvalue weighted by Gasteiger charge is 2.37. The van der Waals surface area contributed by atoms with Crippen molar-refractivity contribution in [3.63, 3.8) is 0 Å². The molecule has 1 N–H and O–H groups in total. The number of aromatic nitrogens is 2. The van der Waals surface area contributed by atoms with Gasteiger partial charge in [-0.3, -0.25) is 9.48 Å². The summed E-state index contributed by atoms with van der Waals surface area (Å²) in [7, 11) is 1.93. The van der Waals surface area contributed by atoms with E-state index in [1.54, 1.807) is 0 Å². The number of hydrogen-bond donors (Lipinski definition) is 1. The molecule has 5 heteroatoms. The number of nitrogens with zero attached hydrogens (tertiary/aromatic N) is 3. The minimum absolute atomic E-state index is 0.0462. The van der Waals surface area contributed by atoms with Crippen LogP contribution >= 0.6 is 0 Å². The van der Waals surface area contributed by atoms with Gasteiger partial charge < -0.3 is 10.2 Å². The molecule has 4 rings (SSSR count). The van der Waals surface area contributed by atoms with E-state index in [0.717, 1.165) is 45.4 Å². The largest absolute Gasteiger partial charge is 0.342 e. The normalized spacial score (nSPS) is 24.1. The van der Waals surface area contributed by atoms with Crippen molar-refractivity contribution in [1.29, 1.82) is 0 Å². The van der Waals surface area contributed by atoms with Crippen molar-refractivity contribution in [3.05, 3.63) is 53.9 Å². The van der Waals surface area contributed by atoms with E-state index in [1.807, 2.05) is 24.1 Å². The first kappa shape index (κ1) is 17.3. The Balaban J connectivity index is 1.34. The van der Waals surface area contributed by atoms with Crippen LogP contribution in [0.4, 0.5) is 0 Å². The molecule has 5 nitrogen and oxygen atoms in total. The maximum absolute atomic E-state index is 13.1. The first-order valence-electron chi connectivity index (χ1n) is 9.72. The Labute approximate surface area is 155 Å². The summed E-state index contributed by atoms with van der Waals surface area (Å²) in [4.78, 5) is 15.2. The number of carbonyl (C=O) groups excluding carboxylic acids is 1. The van der Waals surface area contributed by atoms with Crippen LogP contribution in [0, 0.1) is 11.8 Å². The molecule has 0 bridgehead atoms. The molecule has 1 amide bonds. The molecule has 2 atom stereocenters. The number of aryl methyl sites for hydroxylation is 1. The van der Waals surface area contributed by atoms with Crippen molar-refractivity contribution >= 4 is 5.91 Å². The van der Waals surface area contributed by atoms with Crippen LogP contribution in [0.25, 0.3) is 0 Å². The minimum Gasteiger partial charge on any atom is -0.342 e. The highest BCUT2D eigenvalue weighted by molar-refractivity contribution is 5.80. The summed E-state index contributed by atoms with van der Waals surface area (Å²) >= 11 is 0. The van der Waals surface area contributed by atoms with Crippen LogP contribution in [-0.2, 0) is 18.3 Å². The summed E-state index contributed by atoms with van der Waals surface area (Å²) in [6.07, 6.45) is 7.30. The Bertz CT molecular complexity index is 733. The molecule has 2 fully saturated rings. The standard InChI is InChI=1S/C21H28N4O/c1-24-15-18(12-23-24)19-13-22-14-20(19)21(26)25-9-7-17(8-10-25)11-16-5-3-2-4-6-16/h2-6,12,15,17,19-20,22H,7-11,13-14H2,1H3/t19-,20+/m1/s1. The van der Waals surface area contributed by atoms with E-state index in [0.29, 0.717) is 11.8 Å². The summed E-state index contributed by atoms with van der Waals surface area (Å²) in [6.45, 7) is 3.44. The Morgan fingerprint density at radius 2 is 1.96 bits per heavy atom. The molecule has 0 radical (unpaired) electrons. The first-order valence-corrected chi connectivity index (χ1v) is 9.72. The number of hydrogen-bond acceptors (Lipinski definition) is 3. The van der Waals surface area contributed by atoms with Gasteiger partial charge in [0.15, 0.2) is 0 Å². The second-order valence-electron chi connectivity index (χ2n) is 7.78. The number of piperidine rings is 1. The zero-order chi connectivity index (χ0) is 17.9. The van der Waals surface area contributed by atoms with Crippen molar-refractivity contribution < 1.29 is 4.79 Å². The van der Waals surface area contributed by atoms with Crippen LogP contribution in [0.5, 0.6) is 0 Å². The number of rotatable bonds is 4. The van der Waals surface area contributed by atoms with E-state index >= 15 is 0 Å². The molecule has 0 saturated carbocycles. The second kappa shape index (κ2) is 7.62. The molecule has 0 spiro atoms. The fourth-order valence-corrected chi connectivity index (χ4v) is 4.46. The van der Waals surface area contributed by atoms with Gasteiger partial charge in [-0.25, -0.2) is 0 Å². The SMILES string of the molecule is Cn1cc([C@H]2CNC[C@@H]2C(=O)N2CCC(Cc3ccccc3)CC2)cn1. The van der Waals surface area contributed by atoms with Crippen LogP contribution in [0.3, 0.4) is 0 Å². The average Bonchev–Trinajstić information content (AvgIpc) is 3.31. The summed E-state index contributed by atoms with van der Waals surface area (Å²) in [6, 6.07) is 10.7. The molecule has 26 heavy (non-hydrogen) atoms. The van der Waals surface area contributed by atoms with Crippen molar-refractivity contribution in [2.24, 2.45) is 18.9 Å². The van der Waals surface area contributed by atoms with Crippen molar-refractivity contribution in [1.82, 2.24) is 20.0 Å². The van der Waals surface area contributed by atoms with Crippen LogP contribution in [0.1, 0.15) is 29.9 Å². The van der Waals surface area contributed by atoms with Gasteiger partial charge in [-0.1, -0.05) is 30.3 Å². The smallest absolute Gasteiger partial charge is 0.227 e.